The Bertz CT molecular complexity index is 455. The number of esters is 1. The molecule has 122 valence electrons. The first-order valence-electron chi connectivity index (χ1n) is 7.86. The van der Waals surface area contributed by atoms with E-state index in [-0.39, 0.29) is 5.97 Å². The van der Waals surface area contributed by atoms with E-state index in [1.165, 1.54) is 0 Å². The van der Waals surface area contributed by atoms with Crippen LogP contribution in [0.3, 0.4) is 0 Å². The number of likely N-dealkylation sites (N-methyl/N-ethyl adjacent to an activating group) is 1. The molecule has 0 aromatic heterocycles. The van der Waals surface area contributed by atoms with E-state index in [1.54, 1.807) is 0 Å². The average Bonchev–Trinajstić information content (AvgIpc) is 2.51. The summed E-state index contributed by atoms with van der Waals surface area (Å²) in [6.07, 6.45) is 4.20. The zero-order chi connectivity index (χ0) is 16.4. The molecule has 1 aromatic rings. The number of nitrogens with zero attached hydrogens (tertiary/aromatic N) is 2. The van der Waals surface area contributed by atoms with Crippen molar-refractivity contribution in [2.75, 3.05) is 45.2 Å². The maximum absolute atomic E-state index is 11.9. The minimum absolute atomic E-state index is 0.266. The first-order chi connectivity index (χ1) is 10.6. The number of carbonyl (C=O) groups excluding carboxylic acids is 1. The molecule has 0 aliphatic carbocycles. The minimum Gasteiger partial charge on any atom is -0.461 e. The van der Waals surface area contributed by atoms with Crippen LogP contribution in [0.5, 0.6) is 0 Å². The molecule has 0 spiro atoms. The molecule has 0 saturated heterocycles. The summed E-state index contributed by atoms with van der Waals surface area (Å²) in [6.45, 7) is 8.93. The van der Waals surface area contributed by atoms with Gasteiger partial charge in [-0.15, -0.1) is 6.58 Å². The third kappa shape index (κ3) is 6.31. The fourth-order valence-electron chi connectivity index (χ4n) is 2.04. The van der Waals surface area contributed by atoms with Crippen molar-refractivity contribution >= 4 is 11.7 Å². The van der Waals surface area contributed by atoms with Crippen LogP contribution in [0.15, 0.2) is 36.9 Å². The van der Waals surface area contributed by atoms with Gasteiger partial charge in [-0.25, -0.2) is 4.79 Å². The fraction of sp³-hybridized carbons (Fsp3) is 0.500. The van der Waals surface area contributed by atoms with Crippen molar-refractivity contribution in [1.82, 2.24) is 4.90 Å². The first-order valence-corrected chi connectivity index (χ1v) is 7.86. The Morgan fingerprint density at radius 2 is 1.91 bits per heavy atom. The molecular formula is C18H28N2O2. The van der Waals surface area contributed by atoms with E-state index in [2.05, 4.69) is 18.4 Å². The van der Waals surface area contributed by atoms with Gasteiger partial charge >= 0.3 is 5.97 Å². The summed E-state index contributed by atoms with van der Waals surface area (Å²) in [6, 6.07) is 7.61. The monoisotopic (exact) mass is 304 g/mol. The third-order valence-electron chi connectivity index (χ3n) is 3.37. The van der Waals surface area contributed by atoms with Gasteiger partial charge in [-0.3, -0.25) is 0 Å². The highest BCUT2D eigenvalue weighted by atomic mass is 16.5. The van der Waals surface area contributed by atoms with Crippen LogP contribution in [0.25, 0.3) is 0 Å². The molecule has 0 radical (unpaired) electrons. The van der Waals surface area contributed by atoms with E-state index >= 15 is 0 Å². The molecule has 4 nitrogen and oxygen atoms in total. The van der Waals surface area contributed by atoms with Gasteiger partial charge in [-0.2, -0.15) is 0 Å². The van der Waals surface area contributed by atoms with Gasteiger partial charge in [0.2, 0.25) is 0 Å². The van der Waals surface area contributed by atoms with Gasteiger partial charge in [0.1, 0.15) is 6.61 Å². The van der Waals surface area contributed by atoms with Crippen LogP contribution in [0.2, 0.25) is 0 Å². The molecule has 4 heteroatoms. The SMILES string of the molecule is C=CCN(CCCC)c1ccc(C(=O)OCCN(C)C)cc1. The Balaban J connectivity index is 2.63. The molecule has 0 heterocycles. The fourth-order valence-corrected chi connectivity index (χ4v) is 2.04. The molecule has 0 aliphatic rings. The van der Waals surface area contributed by atoms with Crippen molar-refractivity contribution in [3.63, 3.8) is 0 Å². The predicted octanol–water partition coefficient (Wildman–Crippen LogP) is 3.20. The maximum Gasteiger partial charge on any atom is 0.338 e. The number of unbranched alkanes of at least 4 members (excludes halogenated alkanes) is 1. The largest absolute Gasteiger partial charge is 0.461 e. The van der Waals surface area contributed by atoms with E-state index in [9.17, 15) is 4.79 Å². The van der Waals surface area contributed by atoms with E-state index in [0.717, 1.165) is 38.2 Å². The molecule has 1 rings (SSSR count). The number of ether oxygens (including phenoxy) is 1. The van der Waals surface area contributed by atoms with E-state index in [4.69, 9.17) is 4.74 Å². The number of anilines is 1. The lowest BCUT2D eigenvalue weighted by Gasteiger charge is -2.23. The van der Waals surface area contributed by atoms with E-state index in [0.29, 0.717) is 12.2 Å². The van der Waals surface area contributed by atoms with Crippen LogP contribution in [-0.2, 0) is 4.74 Å². The van der Waals surface area contributed by atoms with Crippen molar-refractivity contribution in [3.8, 4) is 0 Å². The van der Waals surface area contributed by atoms with E-state index < -0.39 is 0 Å². The summed E-state index contributed by atoms with van der Waals surface area (Å²) in [5, 5.41) is 0. The molecule has 0 unspecified atom stereocenters. The van der Waals surface area contributed by atoms with Gasteiger partial charge in [0.15, 0.2) is 0 Å². The highest BCUT2D eigenvalue weighted by molar-refractivity contribution is 5.89. The molecule has 0 fully saturated rings. The Labute approximate surface area is 134 Å². The minimum atomic E-state index is -0.266. The number of carbonyl (C=O) groups is 1. The van der Waals surface area contributed by atoms with Gasteiger partial charge in [-0.05, 0) is 44.8 Å². The molecule has 0 saturated carbocycles. The number of hydrogen-bond acceptors (Lipinski definition) is 4. The highest BCUT2D eigenvalue weighted by Gasteiger charge is 2.09. The number of rotatable bonds is 10. The smallest absolute Gasteiger partial charge is 0.338 e. The van der Waals surface area contributed by atoms with Crippen molar-refractivity contribution in [1.29, 1.82) is 0 Å². The zero-order valence-electron chi connectivity index (χ0n) is 14.0. The lowest BCUT2D eigenvalue weighted by Crippen LogP contribution is -2.24. The lowest BCUT2D eigenvalue weighted by molar-refractivity contribution is 0.0482. The summed E-state index contributed by atoms with van der Waals surface area (Å²) in [4.78, 5) is 16.2. The third-order valence-corrected chi connectivity index (χ3v) is 3.37. The van der Waals surface area contributed by atoms with Crippen LogP contribution in [0.1, 0.15) is 30.1 Å². The summed E-state index contributed by atoms with van der Waals surface area (Å²) in [7, 11) is 3.90. The van der Waals surface area contributed by atoms with Crippen LogP contribution in [0, 0.1) is 0 Å². The van der Waals surface area contributed by atoms with Gasteiger partial charge < -0.3 is 14.5 Å². The maximum atomic E-state index is 11.9. The molecule has 0 aliphatic heterocycles. The molecular weight excluding hydrogens is 276 g/mol. The molecule has 0 bridgehead atoms. The van der Waals surface area contributed by atoms with Gasteiger partial charge in [0.25, 0.3) is 0 Å². The van der Waals surface area contributed by atoms with Crippen molar-refractivity contribution in [3.05, 3.63) is 42.5 Å². The van der Waals surface area contributed by atoms with Gasteiger partial charge in [0.05, 0.1) is 5.56 Å². The Morgan fingerprint density at radius 1 is 1.23 bits per heavy atom. The van der Waals surface area contributed by atoms with Crippen molar-refractivity contribution < 1.29 is 9.53 Å². The standard InChI is InChI=1S/C18H28N2O2/c1-5-7-13-20(12-6-2)17-10-8-16(9-11-17)18(21)22-15-14-19(3)4/h6,8-11H,2,5,7,12-15H2,1,3-4H3. The van der Waals surface area contributed by atoms with Crippen LogP contribution < -0.4 is 4.90 Å². The van der Waals surface area contributed by atoms with Crippen molar-refractivity contribution in [2.24, 2.45) is 0 Å². The second-order valence-electron chi connectivity index (χ2n) is 5.57. The predicted molar refractivity (Wildman–Crippen MR) is 92.6 cm³/mol. The molecule has 22 heavy (non-hydrogen) atoms. The van der Waals surface area contributed by atoms with Crippen LogP contribution in [0.4, 0.5) is 5.69 Å². The molecule has 1 aromatic carbocycles. The summed E-state index contributed by atoms with van der Waals surface area (Å²) in [5.41, 5.74) is 1.70. The quantitative estimate of drug-likeness (QED) is 0.491. The first kappa shape index (κ1) is 18.2. The number of hydrogen-bond donors (Lipinski definition) is 0. The van der Waals surface area contributed by atoms with Crippen LogP contribution >= 0.6 is 0 Å². The molecule has 0 N–H and O–H groups in total. The Hall–Kier alpha value is -1.81. The normalized spacial score (nSPS) is 10.5. The highest BCUT2D eigenvalue weighted by Crippen LogP contribution is 2.16. The zero-order valence-corrected chi connectivity index (χ0v) is 14.0. The summed E-state index contributed by atoms with van der Waals surface area (Å²) >= 11 is 0. The van der Waals surface area contributed by atoms with Gasteiger partial charge in [-0.1, -0.05) is 19.4 Å². The average molecular weight is 304 g/mol. The lowest BCUT2D eigenvalue weighted by atomic mass is 10.2. The van der Waals surface area contributed by atoms with E-state index in [1.807, 2.05) is 49.3 Å². The second-order valence-corrected chi connectivity index (χ2v) is 5.57. The Kier molecular flexibility index (Phi) is 8.30. The van der Waals surface area contributed by atoms with Crippen molar-refractivity contribution in [2.45, 2.75) is 19.8 Å². The molecule has 0 amide bonds. The number of benzene rings is 1. The van der Waals surface area contributed by atoms with Crippen LogP contribution in [-0.4, -0.2) is 51.2 Å². The second kappa shape index (κ2) is 10.0. The van der Waals surface area contributed by atoms with Gasteiger partial charge in [0, 0.05) is 25.3 Å². The Morgan fingerprint density at radius 3 is 2.45 bits per heavy atom. The summed E-state index contributed by atoms with van der Waals surface area (Å²) in [5.74, 6) is -0.266. The topological polar surface area (TPSA) is 32.8 Å². The summed E-state index contributed by atoms with van der Waals surface area (Å²) < 4.78 is 5.24. The molecule has 0 atom stereocenters.